The molecule has 0 saturated heterocycles. The Kier molecular flexibility index (Phi) is 2.89. The summed E-state index contributed by atoms with van der Waals surface area (Å²) in [6.45, 7) is 5.60. The number of rotatable bonds is 2. The second-order valence-corrected chi connectivity index (χ2v) is 4.51. The van der Waals surface area contributed by atoms with Crippen LogP contribution in [-0.2, 0) is 9.59 Å². The normalized spacial score (nSPS) is 34.7. The van der Waals surface area contributed by atoms with Crippen LogP contribution in [0.4, 0.5) is 0 Å². The lowest BCUT2D eigenvalue weighted by Crippen LogP contribution is -2.39. The van der Waals surface area contributed by atoms with Crippen molar-refractivity contribution in [1.82, 2.24) is 0 Å². The van der Waals surface area contributed by atoms with Crippen molar-refractivity contribution in [3.63, 3.8) is 0 Å². The third kappa shape index (κ3) is 1.98. The summed E-state index contributed by atoms with van der Waals surface area (Å²) < 4.78 is 0. The lowest BCUT2D eigenvalue weighted by atomic mass is 9.65. The lowest BCUT2D eigenvalue weighted by Gasteiger charge is -2.37. The lowest BCUT2D eigenvalue weighted by molar-refractivity contribution is -0.138. The third-order valence-electron chi connectivity index (χ3n) is 3.38. The van der Waals surface area contributed by atoms with Gasteiger partial charge in [0.05, 0.1) is 0 Å². The van der Waals surface area contributed by atoms with Gasteiger partial charge < -0.3 is 0 Å². The van der Waals surface area contributed by atoms with E-state index in [-0.39, 0.29) is 17.0 Å². The highest BCUT2D eigenvalue weighted by molar-refractivity contribution is 5.90. The fourth-order valence-electron chi connectivity index (χ4n) is 2.24. The number of carbonyl (C=O) groups excluding carboxylic acids is 2. The van der Waals surface area contributed by atoms with E-state index in [4.69, 9.17) is 0 Å². The molecule has 2 nitrogen and oxygen atoms in total. The Morgan fingerprint density at radius 2 is 2.23 bits per heavy atom. The van der Waals surface area contributed by atoms with Gasteiger partial charge in [0, 0.05) is 18.3 Å². The molecule has 0 radical (unpaired) electrons. The molecule has 1 aliphatic rings. The smallest absolute Gasteiger partial charge is 0.139 e. The molecule has 1 fully saturated rings. The van der Waals surface area contributed by atoms with Gasteiger partial charge in [0.25, 0.3) is 0 Å². The average Bonchev–Trinajstić information content (AvgIpc) is 1.99. The van der Waals surface area contributed by atoms with E-state index in [2.05, 4.69) is 6.92 Å². The first kappa shape index (κ1) is 10.4. The van der Waals surface area contributed by atoms with Crippen LogP contribution in [-0.4, -0.2) is 11.6 Å². The predicted octanol–water partition coefficient (Wildman–Crippen LogP) is 2.36. The molecule has 2 heteroatoms. The van der Waals surface area contributed by atoms with Crippen LogP contribution in [0.3, 0.4) is 0 Å². The van der Waals surface area contributed by atoms with E-state index < -0.39 is 0 Å². The fourth-order valence-corrected chi connectivity index (χ4v) is 2.24. The molecule has 0 spiro atoms. The van der Waals surface area contributed by atoms with Gasteiger partial charge in [-0.25, -0.2) is 0 Å². The molecule has 13 heavy (non-hydrogen) atoms. The van der Waals surface area contributed by atoms with Crippen LogP contribution in [0.2, 0.25) is 0 Å². The Hall–Kier alpha value is -0.660. The summed E-state index contributed by atoms with van der Waals surface area (Å²) in [5.74, 6) is 0.767. The summed E-state index contributed by atoms with van der Waals surface area (Å²) in [7, 11) is 0. The summed E-state index contributed by atoms with van der Waals surface area (Å²) in [5, 5.41) is 0. The van der Waals surface area contributed by atoms with Gasteiger partial charge in [0.15, 0.2) is 0 Å². The Morgan fingerprint density at radius 3 is 2.69 bits per heavy atom. The first-order chi connectivity index (χ1) is 5.97. The second-order valence-electron chi connectivity index (χ2n) is 4.51. The third-order valence-corrected chi connectivity index (χ3v) is 3.38. The molecule has 0 aromatic rings. The first-order valence-corrected chi connectivity index (χ1v) is 4.99. The largest absolute Gasteiger partial charge is 0.300 e. The van der Waals surface area contributed by atoms with Crippen LogP contribution < -0.4 is 0 Å². The van der Waals surface area contributed by atoms with Crippen molar-refractivity contribution in [2.45, 2.75) is 46.5 Å². The average molecular weight is 182 g/mol. The molecule has 1 rings (SSSR count). The van der Waals surface area contributed by atoms with Crippen LogP contribution in [0, 0.1) is 11.3 Å². The summed E-state index contributed by atoms with van der Waals surface area (Å²) in [6, 6.07) is 0. The standard InChI is InChI=1S/C11H18O2/c1-8-5-4-6-10(13)11(8,3)7-9(2)12/h8H,4-7H2,1-3H3/t8-,11+/m1/s1. The molecule has 2 atom stereocenters. The Balaban J connectivity index is 2.81. The second kappa shape index (κ2) is 3.60. The molecule has 0 aliphatic heterocycles. The van der Waals surface area contributed by atoms with Crippen molar-refractivity contribution in [2.24, 2.45) is 11.3 Å². The van der Waals surface area contributed by atoms with E-state index in [1.807, 2.05) is 6.92 Å². The summed E-state index contributed by atoms with van der Waals surface area (Å²) in [6.07, 6.45) is 3.16. The van der Waals surface area contributed by atoms with Crippen molar-refractivity contribution in [3.8, 4) is 0 Å². The maximum absolute atomic E-state index is 11.7. The van der Waals surface area contributed by atoms with Crippen molar-refractivity contribution >= 4 is 11.6 Å². The van der Waals surface area contributed by atoms with Gasteiger partial charge in [-0.15, -0.1) is 0 Å². The van der Waals surface area contributed by atoms with Crippen molar-refractivity contribution in [3.05, 3.63) is 0 Å². The van der Waals surface area contributed by atoms with Crippen molar-refractivity contribution in [1.29, 1.82) is 0 Å². The SMILES string of the molecule is CC(=O)C[C@]1(C)C(=O)CCC[C@H]1C. The molecular formula is C11H18O2. The van der Waals surface area contributed by atoms with E-state index >= 15 is 0 Å². The van der Waals surface area contributed by atoms with Crippen LogP contribution in [0.25, 0.3) is 0 Å². The highest BCUT2D eigenvalue weighted by Gasteiger charge is 2.41. The van der Waals surface area contributed by atoms with E-state index in [1.165, 1.54) is 0 Å². The highest BCUT2D eigenvalue weighted by Crippen LogP contribution is 2.40. The monoisotopic (exact) mass is 182 g/mol. The Bertz CT molecular complexity index is 232. The summed E-state index contributed by atoms with van der Waals surface area (Å²) in [5.41, 5.74) is -0.371. The number of carbonyl (C=O) groups is 2. The molecular weight excluding hydrogens is 164 g/mol. The molecule has 1 aliphatic carbocycles. The van der Waals surface area contributed by atoms with E-state index in [0.29, 0.717) is 18.8 Å². The van der Waals surface area contributed by atoms with Crippen molar-refractivity contribution < 1.29 is 9.59 Å². The van der Waals surface area contributed by atoms with Gasteiger partial charge in [0.2, 0.25) is 0 Å². The molecule has 1 saturated carbocycles. The van der Waals surface area contributed by atoms with Crippen LogP contribution in [0.1, 0.15) is 46.5 Å². The van der Waals surface area contributed by atoms with E-state index in [1.54, 1.807) is 6.92 Å². The van der Waals surface area contributed by atoms with Crippen LogP contribution in [0.15, 0.2) is 0 Å². The molecule has 0 unspecified atom stereocenters. The first-order valence-electron chi connectivity index (χ1n) is 4.99. The van der Waals surface area contributed by atoms with Gasteiger partial charge in [-0.05, 0) is 25.7 Å². The highest BCUT2D eigenvalue weighted by atomic mass is 16.1. The number of hydrogen-bond acceptors (Lipinski definition) is 2. The van der Waals surface area contributed by atoms with Crippen LogP contribution in [0.5, 0.6) is 0 Å². The topological polar surface area (TPSA) is 34.1 Å². The molecule has 0 heterocycles. The minimum atomic E-state index is -0.371. The molecule has 0 aromatic heterocycles. The molecule has 0 aromatic carbocycles. The predicted molar refractivity (Wildman–Crippen MR) is 51.4 cm³/mol. The summed E-state index contributed by atoms with van der Waals surface area (Å²) >= 11 is 0. The molecule has 74 valence electrons. The molecule has 0 N–H and O–H groups in total. The van der Waals surface area contributed by atoms with Gasteiger partial charge in [-0.1, -0.05) is 13.8 Å². The quantitative estimate of drug-likeness (QED) is 0.657. The zero-order valence-corrected chi connectivity index (χ0v) is 8.72. The maximum Gasteiger partial charge on any atom is 0.139 e. The van der Waals surface area contributed by atoms with Gasteiger partial charge >= 0.3 is 0 Å². The number of ketones is 2. The van der Waals surface area contributed by atoms with Gasteiger partial charge in [-0.2, -0.15) is 0 Å². The maximum atomic E-state index is 11.7. The summed E-state index contributed by atoms with van der Waals surface area (Å²) in [4.78, 5) is 22.8. The van der Waals surface area contributed by atoms with Gasteiger partial charge in [0.1, 0.15) is 11.6 Å². The zero-order valence-electron chi connectivity index (χ0n) is 8.72. The fraction of sp³-hybridized carbons (Fsp3) is 0.818. The van der Waals surface area contributed by atoms with E-state index in [0.717, 1.165) is 12.8 Å². The van der Waals surface area contributed by atoms with Crippen LogP contribution >= 0.6 is 0 Å². The van der Waals surface area contributed by atoms with Gasteiger partial charge in [-0.3, -0.25) is 9.59 Å². The Labute approximate surface area is 79.7 Å². The Morgan fingerprint density at radius 1 is 1.62 bits per heavy atom. The van der Waals surface area contributed by atoms with E-state index in [9.17, 15) is 9.59 Å². The minimum absolute atomic E-state index is 0.129. The number of Topliss-reactive ketones (excluding diaryl/α,β-unsaturated/α-hetero) is 2. The van der Waals surface area contributed by atoms with Crippen molar-refractivity contribution in [2.75, 3.05) is 0 Å². The minimum Gasteiger partial charge on any atom is -0.300 e. The molecule has 0 amide bonds. The number of hydrogen-bond donors (Lipinski definition) is 0. The molecule has 0 bridgehead atoms. The zero-order chi connectivity index (χ0) is 10.1.